The minimum absolute atomic E-state index is 0.0725. The number of para-hydroxylation sites is 2. The standard InChI is InChI=1S/C17H30N2O/c1-13(2)10-17(12-18,11-14(3)4)19-15-8-6-7-9-16(15)20-5/h6-9,13-14,19H,10-12,18H2,1-5H3. The molecule has 0 atom stereocenters. The van der Waals surface area contributed by atoms with Crippen LogP contribution < -0.4 is 15.8 Å². The molecule has 0 unspecified atom stereocenters. The number of rotatable bonds is 8. The van der Waals surface area contributed by atoms with Crippen LogP contribution in [0.3, 0.4) is 0 Å². The van der Waals surface area contributed by atoms with E-state index >= 15 is 0 Å². The van der Waals surface area contributed by atoms with E-state index in [-0.39, 0.29) is 5.54 Å². The molecule has 0 saturated carbocycles. The zero-order chi connectivity index (χ0) is 15.2. The van der Waals surface area contributed by atoms with E-state index in [0.717, 1.165) is 24.3 Å². The van der Waals surface area contributed by atoms with Crippen molar-refractivity contribution in [3.63, 3.8) is 0 Å². The van der Waals surface area contributed by atoms with Gasteiger partial charge in [0.1, 0.15) is 5.75 Å². The number of methoxy groups -OCH3 is 1. The molecule has 0 aliphatic rings. The van der Waals surface area contributed by atoms with Crippen LogP contribution in [0.25, 0.3) is 0 Å². The fourth-order valence-corrected chi connectivity index (χ4v) is 3.00. The Balaban J connectivity index is 3.03. The topological polar surface area (TPSA) is 47.3 Å². The van der Waals surface area contributed by atoms with Gasteiger partial charge < -0.3 is 15.8 Å². The van der Waals surface area contributed by atoms with Crippen molar-refractivity contribution in [3.8, 4) is 5.75 Å². The Hall–Kier alpha value is -1.22. The van der Waals surface area contributed by atoms with Crippen molar-refractivity contribution in [2.45, 2.75) is 46.1 Å². The van der Waals surface area contributed by atoms with E-state index in [1.54, 1.807) is 7.11 Å². The Morgan fingerprint density at radius 3 is 2.10 bits per heavy atom. The molecule has 0 fully saturated rings. The van der Waals surface area contributed by atoms with Crippen molar-refractivity contribution in [3.05, 3.63) is 24.3 Å². The van der Waals surface area contributed by atoms with E-state index < -0.39 is 0 Å². The van der Waals surface area contributed by atoms with Gasteiger partial charge in [-0.15, -0.1) is 0 Å². The summed E-state index contributed by atoms with van der Waals surface area (Å²) >= 11 is 0. The van der Waals surface area contributed by atoms with Crippen molar-refractivity contribution in [2.75, 3.05) is 19.0 Å². The van der Waals surface area contributed by atoms with E-state index in [0.29, 0.717) is 18.4 Å². The lowest BCUT2D eigenvalue weighted by Gasteiger charge is -2.38. The van der Waals surface area contributed by atoms with E-state index in [1.165, 1.54) is 0 Å². The zero-order valence-corrected chi connectivity index (χ0v) is 13.6. The first-order valence-electron chi connectivity index (χ1n) is 7.53. The van der Waals surface area contributed by atoms with Crippen LogP contribution >= 0.6 is 0 Å². The minimum Gasteiger partial charge on any atom is -0.495 e. The first kappa shape index (κ1) is 16.8. The monoisotopic (exact) mass is 278 g/mol. The zero-order valence-electron chi connectivity index (χ0n) is 13.6. The highest BCUT2D eigenvalue weighted by molar-refractivity contribution is 5.57. The largest absolute Gasteiger partial charge is 0.495 e. The molecule has 3 N–H and O–H groups in total. The number of hydrogen-bond acceptors (Lipinski definition) is 3. The highest BCUT2D eigenvalue weighted by Gasteiger charge is 2.31. The molecule has 0 aliphatic carbocycles. The molecule has 0 bridgehead atoms. The molecule has 0 aromatic heterocycles. The second kappa shape index (κ2) is 7.53. The Morgan fingerprint density at radius 1 is 1.10 bits per heavy atom. The SMILES string of the molecule is COc1ccccc1NC(CN)(CC(C)C)CC(C)C. The second-order valence-corrected chi connectivity index (χ2v) is 6.51. The molecule has 1 aromatic rings. The summed E-state index contributed by atoms with van der Waals surface area (Å²) in [5.41, 5.74) is 7.10. The number of hydrogen-bond donors (Lipinski definition) is 2. The Bertz CT molecular complexity index is 392. The molecule has 1 aromatic carbocycles. The number of benzene rings is 1. The van der Waals surface area contributed by atoms with E-state index in [9.17, 15) is 0 Å². The van der Waals surface area contributed by atoms with Gasteiger partial charge in [0, 0.05) is 6.54 Å². The number of nitrogens with two attached hydrogens (primary N) is 1. The van der Waals surface area contributed by atoms with E-state index in [1.807, 2.05) is 18.2 Å². The molecule has 114 valence electrons. The van der Waals surface area contributed by atoms with Gasteiger partial charge in [-0.1, -0.05) is 39.8 Å². The average Bonchev–Trinajstić information content (AvgIpc) is 2.37. The number of nitrogens with one attached hydrogen (secondary N) is 1. The molecular weight excluding hydrogens is 248 g/mol. The van der Waals surface area contributed by atoms with Gasteiger partial charge in [-0.2, -0.15) is 0 Å². The summed E-state index contributed by atoms with van der Waals surface area (Å²) in [6.07, 6.45) is 2.11. The molecule has 3 nitrogen and oxygen atoms in total. The maximum atomic E-state index is 6.14. The van der Waals surface area contributed by atoms with Gasteiger partial charge in [-0.25, -0.2) is 0 Å². The fraction of sp³-hybridized carbons (Fsp3) is 0.647. The molecule has 0 saturated heterocycles. The summed E-state index contributed by atoms with van der Waals surface area (Å²) in [5, 5.41) is 3.67. The summed E-state index contributed by atoms with van der Waals surface area (Å²) in [6, 6.07) is 8.05. The Labute approximate surface area is 123 Å². The van der Waals surface area contributed by atoms with Crippen LogP contribution in [-0.2, 0) is 0 Å². The van der Waals surface area contributed by atoms with Crippen molar-refractivity contribution < 1.29 is 4.74 Å². The molecule has 0 heterocycles. The summed E-state index contributed by atoms with van der Waals surface area (Å²) in [7, 11) is 1.70. The molecular formula is C17H30N2O. The molecule has 20 heavy (non-hydrogen) atoms. The highest BCUT2D eigenvalue weighted by atomic mass is 16.5. The van der Waals surface area contributed by atoms with Crippen molar-refractivity contribution in [2.24, 2.45) is 17.6 Å². The van der Waals surface area contributed by atoms with Crippen LogP contribution in [0.1, 0.15) is 40.5 Å². The smallest absolute Gasteiger partial charge is 0.141 e. The lowest BCUT2D eigenvalue weighted by Crippen LogP contribution is -2.47. The van der Waals surface area contributed by atoms with E-state index in [4.69, 9.17) is 10.5 Å². The summed E-state index contributed by atoms with van der Waals surface area (Å²) in [5.74, 6) is 2.07. The summed E-state index contributed by atoms with van der Waals surface area (Å²) in [4.78, 5) is 0. The average molecular weight is 278 g/mol. The molecule has 0 radical (unpaired) electrons. The summed E-state index contributed by atoms with van der Waals surface area (Å²) < 4.78 is 5.44. The fourth-order valence-electron chi connectivity index (χ4n) is 3.00. The maximum absolute atomic E-state index is 6.14. The highest BCUT2D eigenvalue weighted by Crippen LogP contribution is 2.32. The third-order valence-corrected chi connectivity index (χ3v) is 3.50. The van der Waals surface area contributed by atoms with Gasteiger partial charge in [0.2, 0.25) is 0 Å². The quantitative estimate of drug-likeness (QED) is 0.758. The molecule has 3 heteroatoms. The van der Waals surface area contributed by atoms with Gasteiger partial charge in [0.25, 0.3) is 0 Å². The van der Waals surface area contributed by atoms with Gasteiger partial charge in [0.15, 0.2) is 0 Å². The Morgan fingerprint density at radius 2 is 1.65 bits per heavy atom. The minimum atomic E-state index is -0.0725. The maximum Gasteiger partial charge on any atom is 0.141 e. The first-order chi connectivity index (χ1) is 9.42. The normalized spacial score (nSPS) is 12.0. The predicted octanol–water partition coefficient (Wildman–Crippen LogP) is 3.90. The second-order valence-electron chi connectivity index (χ2n) is 6.51. The lowest BCUT2D eigenvalue weighted by atomic mass is 9.81. The van der Waals surface area contributed by atoms with E-state index in [2.05, 4.69) is 39.1 Å². The first-order valence-corrected chi connectivity index (χ1v) is 7.53. The number of ether oxygens (including phenoxy) is 1. The Kier molecular flexibility index (Phi) is 6.34. The van der Waals surface area contributed by atoms with Crippen LogP contribution in [0, 0.1) is 11.8 Å². The van der Waals surface area contributed by atoms with Crippen LogP contribution in [0.4, 0.5) is 5.69 Å². The third kappa shape index (κ3) is 4.71. The number of anilines is 1. The van der Waals surface area contributed by atoms with Gasteiger partial charge >= 0.3 is 0 Å². The van der Waals surface area contributed by atoms with Crippen molar-refractivity contribution in [1.82, 2.24) is 0 Å². The van der Waals surface area contributed by atoms with Gasteiger partial charge in [-0.3, -0.25) is 0 Å². The van der Waals surface area contributed by atoms with Crippen LogP contribution in [-0.4, -0.2) is 19.2 Å². The third-order valence-electron chi connectivity index (χ3n) is 3.50. The van der Waals surface area contributed by atoms with Crippen LogP contribution in [0.5, 0.6) is 5.75 Å². The lowest BCUT2D eigenvalue weighted by molar-refractivity contribution is 0.315. The molecule has 0 amide bonds. The molecule has 1 rings (SSSR count). The predicted molar refractivity (Wildman–Crippen MR) is 87.3 cm³/mol. The van der Waals surface area contributed by atoms with Crippen molar-refractivity contribution >= 4 is 5.69 Å². The van der Waals surface area contributed by atoms with Gasteiger partial charge in [0.05, 0.1) is 18.3 Å². The van der Waals surface area contributed by atoms with Gasteiger partial charge in [-0.05, 0) is 36.8 Å². The molecule has 0 aliphatic heterocycles. The van der Waals surface area contributed by atoms with Crippen LogP contribution in [0.15, 0.2) is 24.3 Å². The van der Waals surface area contributed by atoms with Crippen molar-refractivity contribution in [1.29, 1.82) is 0 Å². The molecule has 0 spiro atoms. The summed E-state index contributed by atoms with van der Waals surface area (Å²) in [6.45, 7) is 9.61. The van der Waals surface area contributed by atoms with Crippen LogP contribution in [0.2, 0.25) is 0 Å².